The lowest BCUT2D eigenvalue weighted by atomic mass is 9.56. The summed E-state index contributed by atoms with van der Waals surface area (Å²) in [6, 6.07) is 0. The molecule has 30 heavy (non-hydrogen) atoms. The number of allylic oxidation sites excluding steroid dienone is 1. The van der Waals surface area contributed by atoms with E-state index < -0.39 is 16.1 Å². The van der Waals surface area contributed by atoms with E-state index in [0.29, 0.717) is 0 Å². The average Bonchev–Trinajstić information content (AvgIpc) is 2.63. The summed E-state index contributed by atoms with van der Waals surface area (Å²) in [6.07, 6.45) is 18.0. The summed E-state index contributed by atoms with van der Waals surface area (Å²) in [7, 11) is -2.80. The van der Waals surface area contributed by atoms with Crippen molar-refractivity contribution in [2.45, 2.75) is 101 Å². The fourth-order valence-electron chi connectivity index (χ4n) is 10.9. The Labute approximate surface area is 188 Å². The molecule has 0 unspecified atom stereocenters. The zero-order valence-corrected chi connectivity index (χ0v) is 22.0. The van der Waals surface area contributed by atoms with Crippen molar-refractivity contribution in [1.29, 1.82) is 0 Å². The van der Waals surface area contributed by atoms with Crippen molar-refractivity contribution in [3.63, 3.8) is 0 Å². The SMILES string of the molecule is C[Si](C)(C#C/C=C/[Si](C)(C)C1C2CC3CC(C2)CC1C3)C1C2CC3CC(C2)CC1C3. The minimum atomic E-state index is -1.47. The summed E-state index contributed by atoms with van der Waals surface area (Å²) in [5, 5.41) is 0. The number of hydrogen-bond donors (Lipinski definition) is 0. The predicted molar refractivity (Wildman–Crippen MR) is 133 cm³/mol. The molecule has 164 valence electrons. The Hall–Kier alpha value is -0.266. The Morgan fingerprint density at radius 3 is 1.40 bits per heavy atom. The van der Waals surface area contributed by atoms with Crippen LogP contribution in [0.3, 0.4) is 0 Å². The van der Waals surface area contributed by atoms with Gasteiger partial charge in [-0.3, -0.25) is 0 Å². The second kappa shape index (κ2) is 7.11. The average molecular weight is 437 g/mol. The monoisotopic (exact) mass is 436 g/mol. The summed E-state index contributed by atoms with van der Waals surface area (Å²) in [5.41, 5.74) is 8.68. The minimum absolute atomic E-state index is 1.00. The molecule has 0 aromatic heterocycles. The molecule has 8 aliphatic carbocycles. The molecular formula is C28H44Si2. The molecule has 8 bridgehead atoms. The van der Waals surface area contributed by atoms with Gasteiger partial charge in [0.25, 0.3) is 0 Å². The smallest absolute Gasteiger partial charge is 0.127 e. The van der Waals surface area contributed by atoms with E-state index in [1.165, 1.54) is 0 Å². The van der Waals surface area contributed by atoms with Crippen LogP contribution in [0.1, 0.15) is 64.2 Å². The van der Waals surface area contributed by atoms with Crippen molar-refractivity contribution in [2.75, 3.05) is 0 Å². The van der Waals surface area contributed by atoms with Crippen LogP contribution < -0.4 is 0 Å². The Bertz CT molecular complexity index is 722. The van der Waals surface area contributed by atoms with Gasteiger partial charge < -0.3 is 0 Å². The fraction of sp³-hybridized carbons (Fsp3) is 0.857. The first-order valence-electron chi connectivity index (χ1n) is 13.5. The van der Waals surface area contributed by atoms with Gasteiger partial charge in [0, 0.05) is 0 Å². The van der Waals surface area contributed by atoms with Gasteiger partial charge in [0.1, 0.15) is 8.07 Å². The lowest BCUT2D eigenvalue weighted by molar-refractivity contribution is 0.0179. The van der Waals surface area contributed by atoms with Gasteiger partial charge in [-0.1, -0.05) is 37.8 Å². The molecule has 8 saturated carbocycles. The van der Waals surface area contributed by atoms with Gasteiger partial charge in [0.05, 0.1) is 8.07 Å². The summed E-state index contributed by atoms with van der Waals surface area (Å²) >= 11 is 0. The second-order valence-corrected chi connectivity index (χ2v) is 23.1. The van der Waals surface area contributed by atoms with Crippen molar-refractivity contribution < 1.29 is 0 Å². The van der Waals surface area contributed by atoms with Crippen LogP contribution in [0.15, 0.2) is 11.8 Å². The largest absolute Gasteiger partial charge is 0.136 e. The highest BCUT2D eigenvalue weighted by Gasteiger charge is 2.54. The number of hydrogen-bond acceptors (Lipinski definition) is 0. The van der Waals surface area contributed by atoms with Crippen molar-refractivity contribution in [3.05, 3.63) is 11.8 Å². The Morgan fingerprint density at radius 1 is 0.567 bits per heavy atom. The third kappa shape index (κ3) is 3.37. The van der Waals surface area contributed by atoms with Crippen molar-refractivity contribution in [2.24, 2.45) is 47.3 Å². The zero-order valence-electron chi connectivity index (χ0n) is 20.0. The first kappa shape index (κ1) is 20.3. The predicted octanol–water partition coefficient (Wildman–Crippen LogP) is 7.69. The molecule has 0 N–H and O–H groups in total. The van der Waals surface area contributed by atoms with E-state index in [-0.39, 0.29) is 0 Å². The van der Waals surface area contributed by atoms with Crippen molar-refractivity contribution >= 4 is 16.1 Å². The Kier molecular flexibility index (Phi) is 4.83. The number of rotatable bonds is 3. The van der Waals surface area contributed by atoms with Gasteiger partial charge in [-0.05, 0) is 129 Å². The van der Waals surface area contributed by atoms with Crippen LogP contribution in [0.4, 0.5) is 0 Å². The van der Waals surface area contributed by atoms with E-state index in [4.69, 9.17) is 0 Å². The van der Waals surface area contributed by atoms with E-state index in [1.54, 1.807) is 64.2 Å². The van der Waals surface area contributed by atoms with E-state index >= 15 is 0 Å². The Morgan fingerprint density at radius 2 is 0.967 bits per heavy atom. The maximum Gasteiger partial charge on any atom is 0.136 e. The molecule has 8 fully saturated rings. The van der Waals surface area contributed by atoms with E-state index in [1.807, 2.05) is 0 Å². The van der Waals surface area contributed by atoms with Gasteiger partial charge in [-0.15, -0.1) is 5.54 Å². The topological polar surface area (TPSA) is 0 Å². The summed E-state index contributed by atoms with van der Waals surface area (Å²) in [6.45, 7) is 10.6. The van der Waals surface area contributed by atoms with E-state index in [2.05, 4.69) is 49.4 Å². The third-order valence-electron chi connectivity index (χ3n) is 11.1. The van der Waals surface area contributed by atoms with Gasteiger partial charge in [-0.2, -0.15) is 0 Å². The molecule has 0 nitrogen and oxygen atoms in total. The lowest BCUT2D eigenvalue weighted by Crippen LogP contribution is -2.51. The minimum Gasteiger partial charge on any atom is -0.127 e. The molecule has 0 amide bonds. The van der Waals surface area contributed by atoms with Gasteiger partial charge in [-0.25, -0.2) is 0 Å². The molecule has 0 aromatic rings. The van der Waals surface area contributed by atoms with Crippen molar-refractivity contribution in [3.8, 4) is 11.5 Å². The van der Waals surface area contributed by atoms with Gasteiger partial charge in [0.15, 0.2) is 0 Å². The van der Waals surface area contributed by atoms with Crippen molar-refractivity contribution in [1.82, 2.24) is 0 Å². The van der Waals surface area contributed by atoms with Crippen LogP contribution in [0.2, 0.25) is 37.3 Å². The maximum atomic E-state index is 3.95. The first-order valence-corrected chi connectivity index (χ1v) is 19.7. The summed E-state index contributed by atoms with van der Waals surface area (Å²) in [5.74, 6) is 12.3. The molecule has 0 aliphatic heterocycles. The van der Waals surface area contributed by atoms with Gasteiger partial charge >= 0.3 is 0 Å². The molecule has 0 atom stereocenters. The highest BCUT2D eigenvalue weighted by Crippen LogP contribution is 2.62. The maximum absolute atomic E-state index is 3.95. The molecule has 0 saturated heterocycles. The van der Waals surface area contributed by atoms with E-state index in [0.717, 1.165) is 58.4 Å². The fourth-order valence-corrected chi connectivity index (χ4v) is 18.2. The van der Waals surface area contributed by atoms with Crippen LogP contribution >= 0.6 is 0 Å². The summed E-state index contributed by atoms with van der Waals surface area (Å²) in [4.78, 5) is 0. The molecule has 0 aromatic carbocycles. The second-order valence-electron chi connectivity index (χ2n) is 14.1. The van der Waals surface area contributed by atoms with Gasteiger partial charge in [0.2, 0.25) is 0 Å². The van der Waals surface area contributed by atoms with Crippen LogP contribution in [0.25, 0.3) is 0 Å². The Balaban J connectivity index is 1.15. The standard InChI is InChI=1S/C28H44Si2/c1-29(2,27-23-11-19-9-20(13-23)14-24(27)12-19)7-5-6-8-30(3,4)28-25-15-21-10-22(17-25)18-26(28)16-21/h5,7,19-28H,9-18H2,1-4H3/b7-5+. The molecule has 2 heteroatoms. The van der Waals surface area contributed by atoms with Crippen LogP contribution in [-0.2, 0) is 0 Å². The van der Waals surface area contributed by atoms with Crippen LogP contribution in [0.5, 0.6) is 0 Å². The third-order valence-corrected chi connectivity index (χ3v) is 18.2. The molecule has 8 aliphatic rings. The first-order chi connectivity index (χ1) is 14.3. The quantitative estimate of drug-likeness (QED) is 0.314. The zero-order chi connectivity index (χ0) is 20.7. The highest BCUT2D eigenvalue weighted by molar-refractivity contribution is 6.86. The molecule has 8 rings (SSSR count). The summed E-state index contributed by atoms with van der Waals surface area (Å²) < 4.78 is 0. The molecular weight excluding hydrogens is 392 g/mol. The molecule has 0 spiro atoms. The van der Waals surface area contributed by atoms with Crippen LogP contribution in [-0.4, -0.2) is 16.1 Å². The lowest BCUT2D eigenvalue weighted by Gasteiger charge is -2.58. The highest BCUT2D eigenvalue weighted by atomic mass is 28.3. The van der Waals surface area contributed by atoms with E-state index in [9.17, 15) is 0 Å². The normalized spacial score (nSPS) is 48.9. The molecule has 0 heterocycles. The van der Waals surface area contributed by atoms with Crippen LogP contribution in [0, 0.1) is 58.8 Å². The molecule has 0 radical (unpaired) electrons.